The van der Waals surface area contributed by atoms with Crippen LogP contribution in [-0.2, 0) is 9.84 Å². The van der Waals surface area contributed by atoms with Crippen molar-refractivity contribution in [1.82, 2.24) is 4.90 Å². The van der Waals surface area contributed by atoms with Gasteiger partial charge in [0.15, 0.2) is 9.84 Å². The molecule has 1 unspecified atom stereocenters. The summed E-state index contributed by atoms with van der Waals surface area (Å²) in [6.07, 6.45) is 0.424. The molecule has 1 atom stereocenters. The third-order valence-electron chi connectivity index (χ3n) is 4.83. The number of carbonyl (C=O) groups is 1. The molecule has 6 heteroatoms. The summed E-state index contributed by atoms with van der Waals surface area (Å²) in [5, 5.41) is -0.544. The Bertz CT molecular complexity index is 862. The molecule has 0 aromatic heterocycles. The minimum atomic E-state index is -3.28. The molecule has 138 valence electrons. The van der Waals surface area contributed by atoms with Crippen molar-refractivity contribution in [2.75, 3.05) is 37.8 Å². The van der Waals surface area contributed by atoms with E-state index in [4.69, 9.17) is 0 Å². The van der Waals surface area contributed by atoms with Gasteiger partial charge in [-0.15, -0.1) is 0 Å². The lowest BCUT2D eigenvalue weighted by molar-refractivity contribution is 0.0766. The van der Waals surface area contributed by atoms with Gasteiger partial charge in [-0.05, 0) is 36.2 Å². The number of hydrogen-bond donors (Lipinski definition) is 0. The van der Waals surface area contributed by atoms with E-state index in [-0.39, 0.29) is 18.2 Å². The largest absolute Gasteiger partial charge is 0.378 e. The number of benzene rings is 2. The summed E-state index contributed by atoms with van der Waals surface area (Å²) in [7, 11) is 0.609. The summed E-state index contributed by atoms with van der Waals surface area (Å²) in [5.41, 5.74) is 2.41. The van der Waals surface area contributed by atoms with Crippen LogP contribution in [0.1, 0.15) is 27.6 Å². The summed E-state index contributed by atoms with van der Waals surface area (Å²) in [5.74, 6) is -0.118. The molecule has 0 N–H and O–H groups in total. The lowest BCUT2D eigenvalue weighted by atomic mass is 10.1. The molecule has 1 heterocycles. The van der Waals surface area contributed by atoms with Crippen LogP contribution in [0.2, 0.25) is 0 Å². The van der Waals surface area contributed by atoms with Crippen LogP contribution < -0.4 is 4.90 Å². The zero-order valence-electron chi connectivity index (χ0n) is 15.1. The van der Waals surface area contributed by atoms with Gasteiger partial charge in [0.25, 0.3) is 5.91 Å². The highest BCUT2D eigenvalue weighted by atomic mass is 32.2. The van der Waals surface area contributed by atoms with Gasteiger partial charge in [-0.1, -0.05) is 30.3 Å². The second-order valence-corrected chi connectivity index (χ2v) is 9.09. The molecule has 3 rings (SSSR count). The van der Waals surface area contributed by atoms with Crippen molar-refractivity contribution >= 4 is 21.4 Å². The third kappa shape index (κ3) is 3.90. The van der Waals surface area contributed by atoms with E-state index in [9.17, 15) is 13.2 Å². The average molecular weight is 372 g/mol. The smallest absolute Gasteiger partial charge is 0.253 e. The Kier molecular flexibility index (Phi) is 5.32. The van der Waals surface area contributed by atoms with Crippen LogP contribution in [0.15, 0.2) is 54.6 Å². The van der Waals surface area contributed by atoms with Crippen molar-refractivity contribution in [2.45, 2.75) is 11.7 Å². The van der Waals surface area contributed by atoms with E-state index < -0.39 is 15.1 Å². The Morgan fingerprint density at radius 3 is 2.27 bits per heavy atom. The first-order chi connectivity index (χ1) is 12.4. The van der Waals surface area contributed by atoms with Gasteiger partial charge in [0.05, 0.1) is 11.0 Å². The van der Waals surface area contributed by atoms with E-state index in [1.807, 2.05) is 61.5 Å². The molecule has 0 aliphatic carbocycles. The van der Waals surface area contributed by atoms with Crippen molar-refractivity contribution in [3.8, 4) is 0 Å². The minimum Gasteiger partial charge on any atom is -0.378 e. The molecule has 26 heavy (non-hydrogen) atoms. The van der Waals surface area contributed by atoms with E-state index in [0.29, 0.717) is 18.5 Å². The molecule has 1 saturated heterocycles. The summed E-state index contributed by atoms with van der Waals surface area (Å²) < 4.78 is 25.4. The predicted molar refractivity (Wildman–Crippen MR) is 104 cm³/mol. The number of nitrogens with zero attached hydrogens (tertiary/aromatic N) is 2. The maximum Gasteiger partial charge on any atom is 0.253 e. The van der Waals surface area contributed by atoms with Crippen LogP contribution >= 0.6 is 0 Å². The highest BCUT2D eigenvalue weighted by molar-refractivity contribution is 7.91. The van der Waals surface area contributed by atoms with E-state index in [1.54, 1.807) is 17.0 Å². The van der Waals surface area contributed by atoms with Gasteiger partial charge in [-0.2, -0.15) is 0 Å². The maximum atomic E-state index is 12.8. The molecule has 1 fully saturated rings. The Balaban J connectivity index is 1.78. The Labute approximate surface area is 155 Å². The standard InChI is InChI=1S/C20H24N2O3S/c1-21(2)18-10-8-17(9-11-18)20(23)22-13-12-19(26(24,25)15-14-22)16-6-4-3-5-7-16/h3-11,19H,12-15H2,1-2H3. The first-order valence-corrected chi connectivity index (χ1v) is 10.4. The van der Waals surface area contributed by atoms with Crippen LogP contribution in [-0.4, -0.2) is 52.2 Å². The fraction of sp³-hybridized carbons (Fsp3) is 0.350. The van der Waals surface area contributed by atoms with Gasteiger partial charge < -0.3 is 9.80 Å². The molecule has 0 saturated carbocycles. The van der Waals surface area contributed by atoms with Gasteiger partial charge in [-0.25, -0.2) is 8.42 Å². The number of carbonyl (C=O) groups excluding carboxylic acids is 1. The highest BCUT2D eigenvalue weighted by Crippen LogP contribution is 2.29. The van der Waals surface area contributed by atoms with Gasteiger partial charge in [0.2, 0.25) is 0 Å². The summed E-state index contributed by atoms with van der Waals surface area (Å²) >= 11 is 0. The monoisotopic (exact) mass is 372 g/mol. The van der Waals surface area contributed by atoms with Crippen LogP contribution in [0.3, 0.4) is 0 Å². The van der Waals surface area contributed by atoms with E-state index in [2.05, 4.69) is 0 Å². The molecule has 1 amide bonds. The number of sulfone groups is 1. The van der Waals surface area contributed by atoms with E-state index in [0.717, 1.165) is 11.3 Å². The molecule has 2 aromatic carbocycles. The van der Waals surface area contributed by atoms with Crippen molar-refractivity contribution in [3.63, 3.8) is 0 Å². The van der Waals surface area contributed by atoms with Crippen molar-refractivity contribution < 1.29 is 13.2 Å². The fourth-order valence-electron chi connectivity index (χ4n) is 3.27. The molecular formula is C20H24N2O3S. The lowest BCUT2D eigenvalue weighted by Crippen LogP contribution is -2.33. The van der Waals surface area contributed by atoms with Crippen LogP contribution in [0.4, 0.5) is 5.69 Å². The minimum absolute atomic E-state index is 0.00587. The average Bonchev–Trinajstić information content (AvgIpc) is 2.80. The molecule has 5 nitrogen and oxygen atoms in total. The first-order valence-electron chi connectivity index (χ1n) is 8.71. The van der Waals surface area contributed by atoms with Gasteiger partial charge in [0, 0.05) is 38.4 Å². The summed E-state index contributed by atoms with van der Waals surface area (Å²) in [6, 6.07) is 16.7. The highest BCUT2D eigenvalue weighted by Gasteiger charge is 2.32. The second-order valence-electron chi connectivity index (χ2n) is 6.79. The molecule has 0 spiro atoms. The van der Waals surface area contributed by atoms with Crippen LogP contribution in [0.25, 0.3) is 0 Å². The van der Waals surface area contributed by atoms with Gasteiger partial charge in [-0.3, -0.25) is 4.79 Å². The van der Waals surface area contributed by atoms with Gasteiger partial charge in [0.1, 0.15) is 0 Å². The van der Waals surface area contributed by atoms with E-state index in [1.165, 1.54) is 0 Å². The van der Waals surface area contributed by atoms with Crippen molar-refractivity contribution in [3.05, 3.63) is 65.7 Å². The topological polar surface area (TPSA) is 57.7 Å². The third-order valence-corrected chi connectivity index (χ3v) is 6.96. The molecule has 1 aliphatic rings. The van der Waals surface area contributed by atoms with E-state index >= 15 is 0 Å². The molecule has 1 aliphatic heterocycles. The number of rotatable bonds is 3. The number of amides is 1. The zero-order valence-corrected chi connectivity index (χ0v) is 15.9. The lowest BCUT2D eigenvalue weighted by Gasteiger charge is -2.20. The predicted octanol–water partition coefficient (Wildman–Crippen LogP) is 2.75. The fourth-order valence-corrected chi connectivity index (χ4v) is 5.07. The van der Waals surface area contributed by atoms with Crippen LogP contribution in [0.5, 0.6) is 0 Å². The van der Waals surface area contributed by atoms with Crippen LogP contribution in [0, 0.1) is 0 Å². The maximum absolute atomic E-state index is 12.8. The molecule has 2 aromatic rings. The Hall–Kier alpha value is -2.34. The number of anilines is 1. The zero-order chi connectivity index (χ0) is 18.7. The van der Waals surface area contributed by atoms with Crippen molar-refractivity contribution in [2.24, 2.45) is 0 Å². The first kappa shape index (κ1) is 18.5. The van der Waals surface area contributed by atoms with Gasteiger partial charge >= 0.3 is 0 Å². The molecule has 0 radical (unpaired) electrons. The second kappa shape index (κ2) is 7.50. The number of hydrogen-bond acceptors (Lipinski definition) is 4. The summed E-state index contributed by atoms with van der Waals surface area (Å²) in [6.45, 7) is 0.674. The normalized spacial score (nSPS) is 19.6. The van der Waals surface area contributed by atoms with Crippen molar-refractivity contribution in [1.29, 1.82) is 0 Å². The molecular weight excluding hydrogens is 348 g/mol. The Morgan fingerprint density at radius 1 is 1.00 bits per heavy atom. The Morgan fingerprint density at radius 2 is 1.65 bits per heavy atom. The quantitative estimate of drug-likeness (QED) is 0.831. The molecule has 0 bridgehead atoms. The summed E-state index contributed by atoms with van der Waals surface area (Å²) in [4.78, 5) is 16.4. The SMILES string of the molecule is CN(C)c1ccc(C(=O)N2CCC(c3ccccc3)S(=O)(=O)CC2)cc1.